The lowest BCUT2D eigenvalue weighted by Gasteiger charge is -2.22. The molecule has 1 aromatic rings. The normalized spacial score (nSPS) is 27.1. The minimum absolute atomic E-state index is 0.0710. The number of benzene rings is 1. The van der Waals surface area contributed by atoms with E-state index >= 15 is 0 Å². The molecule has 0 aromatic heterocycles. The van der Waals surface area contributed by atoms with Gasteiger partial charge in [0.05, 0.1) is 5.92 Å². The molecule has 0 spiro atoms. The van der Waals surface area contributed by atoms with Crippen molar-refractivity contribution in [3.05, 3.63) is 30.3 Å². The van der Waals surface area contributed by atoms with Crippen molar-refractivity contribution in [3.63, 3.8) is 0 Å². The van der Waals surface area contributed by atoms with Crippen molar-refractivity contribution in [3.8, 4) is 0 Å². The number of hydrogen-bond donors (Lipinski definition) is 1. The van der Waals surface area contributed by atoms with Gasteiger partial charge in [-0.1, -0.05) is 18.2 Å². The first kappa shape index (κ1) is 13.4. The Morgan fingerprint density at radius 2 is 1.95 bits per heavy atom. The second kappa shape index (κ2) is 5.83. The van der Waals surface area contributed by atoms with Crippen molar-refractivity contribution in [2.45, 2.75) is 12.8 Å². The largest absolute Gasteiger partial charge is 0.371 e. The van der Waals surface area contributed by atoms with E-state index in [-0.39, 0.29) is 11.8 Å². The number of carbonyl (C=O) groups is 1. The summed E-state index contributed by atoms with van der Waals surface area (Å²) >= 11 is 0. The molecular weight excluding hydrogens is 250 g/mol. The molecule has 0 aliphatic carbocycles. The average molecular weight is 273 g/mol. The number of rotatable bonds is 4. The molecule has 0 bridgehead atoms. The molecule has 1 amide bonds. The maximum atomic E-state index is 11.2. The molecule has 2 atom stereocenters. The minimum Gasteiger partial charge on any atom is -0.371 e. The first-order valence-corrected chi connectivity index (χ1v) is 7.54. The molecule has 1 aromatic carbocycles. The third kappa shape index (κ3) is 2.96. The van der Waals surface area contributed by atoms with Crippen LogP contribution in [-0.2, 0) is 4.79 Å². The third-order valence-corrected chi connectivity index (χ3v) is 4.60. The lowest BCUT2D eigenvalue weighted by atomic mass is 10.1. The van der Waals surface area contributed by atoms with E-state index in [9.17, 15) is 4.79 Å². The Hall–Kier alpha value is -1.55. The molecule has 0 unspecified atom stereocenters. The van der Waals surface area contributed by atoms with Crippen LogP contribution in [0.2, 0.25) is 0 Å². The molecule has 2 aliphatic rings. The van der Waals surface area contributed by atoms with Crippen LogP contribution in [0.1, 0.15) is 12.8 Å². The van der Waals surface area contributed by atoms with Crippen LogP contribution in [0.4, 0.5) is 5.69 Å². The Kier molecular flexibility index (Phi) is 3.92. The van der Waals surface area contributed by atoms with Gasteiger partial charge >= 0.3 is 0 Å². The van der Waals surface area contributed by atoms with E-state index in [1.54, 1.807) is 0 Å². The molecule has 108 valence electrons. The summed E-state index contributed by atoms with van der Waals surface area (Å²) in [6, 6.07) is 10.6. The van der Waals surface area contributed by atoms with Crippen molar-refractivity contribution in [1.82, 2.24) is 4.90 Å². The number of nitrogens with zero attached hydrogens (tertiary/aromatic N) is 2. The lowest BCUT2D eigenvalue weighted by Crippen LogP contribution is -2.32. The van der Waals surface area contributed by atoms with Gasteiger partial charge in [0.15, 0.2) is 0 Å². The van der Waals surface area contributed by atoms with Gasteiger partial charge in [0.2, 0.25) is 5.91 Å². The Morgan fingerprint density at radius 3 is 2.65 bits per heavy atom. The van der Waals surface area contributed by atoms with Gasteiger partial charge in [-0.2, -0.15) is 0 Å². The summed E-state index contributed by atoms with van der Waals surface area (Å²) in [5, 5.41) is 0. The highest BCUT2D eigenvalue weighted by molar-refractivity contribution is 5.77. The number of nitrogens with two attached hydrogens (primary N) is 1. The fourth-order valence-electron chi connectivity index (χ4n) is 3.45. The van der Waals surface area contributed by atoms with Crippen LogP contribution in [-0.4, -0.2) is 43.5 Å². The van der Waals surface area contributed by atoms with Gasteiger partial charge in [-0.05, 0) is 37.4 Å². The van der Waals surface area contributed by atoms with Gasteiger partial charge in [0, 0.05) is 31.9 Å². The monoisotopic (exact) mass is 273 g/mol. The second-order valence-electron chi connectivity index (χ2n) is 6.08. The van der Waals surface area contributed by atoms with Crippen LogP contribution in [0.3, 0.4) is 0 Å². The van der Waals surface area contributed by atoms with Crippen molar-refractivity contribution in [2.75, 3.05) is 37.6 Å². The van der Waals surface area contributed by atoms with E-state index in [2.05, 4.69) is 40.1 Å². The Labute approximate surface area is 120 Å². The predicted octanol–water partition coefficient (Wildman–Crippen LogP) is 1.32. The number of para-hydroxylation sites is 1. The maximum absolute atomic E-state index is 11.2. The van der Waals surface area contributed by atoms with Crippen molar-refractivity contribution >= 4 is 11.6 Å². The molecule has 3 rings (SSSR count). The number of likely N-dealkylation sites (tertiary alicyclic amines) is 1. The van der Waals surface area contributed by atoms with Crippen LogP contribution < -0.4 is 10.6 Å². The molecule has 0 saturated carbocycles. The minimum atomic E-state index is -0.134. The molecule has 0 radical (unpaired) electrons. The summed E-state index contributed by atoms with van der Waals surface area (Å²) in [4.78, 5) is 16.1. The number of hydrogen-bond acceptors (Lipinski definition) is 3. The molecule has 2 aliphatic heterocycles. The van der Waals surface area contributed by atoms with E-state index in [0.29, 0.717) is 5.92 Å². The summed E-state index contributed by atoms with van der Waals surface area (Å²) in [7, 11) is 0. The molecule has 4 nitrogen and oxygen atoms in total. The Bertz CT molecular complexity index is 462. The van der Waals surface area contributed by atoms with Gasteiger partial charge in [0.1, 0.15) is 0 Å². The molecule has 2 N–H and O–H groups in total. The highest BCUT2D eigenvalue weighted by atomic mass is 16.1. The van der Waals surface area contributed by atoms with E-state index in [1.165, 1.54) is 12.1 Å². The van der Waals surface area contributed by atoms with E-state index in [1.807, 2.05) is 0 Å². The molecule has 2 fully saturated rings. The first-order chi connectivity index (χ1) is 9.72. The zero-order valence-electron chi connectivity index (χ0n) is 11.9. The zero-order chi connectivity index (χ0) is 13.9. The van der Waals surface area contributed by atoms with E-state index in [0.717, 1.165) is 39.1 Å². The van der Waals surface area contributed by atoms with E-state index in [4.69, 9.17) is 5.73 Å². The fraction of sp³-hybridized carbons (Fsp3) is 0.562. The lowest BCUT2D eigenvalue weighted by molar-refractivity contribution is -0.121. The number of anilines is 1. The van der Waals surface area contributed by atoms with Crippen LogP contribution >= 0.6 is 0 Å². The van der Waals surface area contributed by atoms with Crippen LogP contribution in [0.15, 0.2) is 30.3 Å². The number of primary amides is 1. The molecule has 4 heteroatoms. The van der Waals surface area contributed by atoms with E-state index < -0.39 is 0 Å². The third-order valence-electron chi connectivity index (χ3n) is 4.60. The Balaban J connectivity index is 1.50. The van der Waals surface area contributed by atoms with Crippen LogP contribution in [0, 0.1) is 11.8 Å². The van der Waals surface area contributed by atoms with Crippen LogP contribution in [0.5, 0.6) is 0 Å². The first-order valence-electron chi connectivity index (χ1n) is 7.54. The summed E-state index contributed by atoms with van der Waals surface area (Å²) in [6.45, 7) is 5.25. The fourth-order valence-corrected chi connectivity index (χ4v) is 3.45. The Morgan fingerprint density at radius 1 is 1.15 bits per heavy atom. The molecule has 2 heterocycles. The van der Waals surface area contributed by atoms with Gasteiger partial charge in [0.25, 0.3) is 0 Å². The predicted molar refractivity (Wildman–Crippen MR) is 80.5 cm³/mol. The summed E-state index contributed by atoms with van der Waals surface area (Å²) in [5.74, 6) is 0.647. The summed E-state index contributed by atoms with van der Waals surface area (Å²) in [5.41, 5.74) is 6.72. The van der Waals surface area contributed by atoms with Crippen molar-refractivity contribution < 1.29 is 4.79 Å². The van der Waals surface area contributed by atoms with Crippen molar-refractivity contribution in [2.24, 2.45) is 17.6 Å². The standard InChI is InChI=1S/C16H23N3O/c17-16(20)14-7-8-18(12-14)10-13-6-9-19(11-13)15-4-2-1-3-5-15/h1-5,13-14H,6-12H2,(H2,17,20)/t13-,14+/m1/s1. The van der Waals surface area contributed by atoms with Gasteiger partial charge in [-0.3, -0.25) is 4.79 Å². The maximum Gasteiger partial charge on any atom is 0.221 e. The average Bonchev–Trinajstić information content (AvgIpc) is 3.10. The number of amides is 1. The SMILES string of the molecule is NC(=O)[C@H]1CCN(C[C@H]2CCN(c3ccccc3)C2)C1. The topological polar surface area (TPSA) is 49.6 Å². The van der Waals surface area contributed by atoms with Crippen molar-refractivity contribution in [1.29, 1.82) is 0 Å². The van der Waals surface area contributed by atoms with Gasteiger partial charge < -0.3 is 15.5 Å². The molecule has 2 saturated heterocycles. The molecular formula is C16H23N3O. The summed E-state index contributed by atoms with van der Waals surface area (Å²) < 4.78 is 0. The second-order valence-corrected chi connectivity index (χ2v) is 6.08. The highest BCUT2D eigenvalue weighted by Gasteiger charge is 2.30. The quantitative estimate of drug-likeness (QED) is 0.900. The van der Waals surface area contributed by atoms with Gasteiger partial charge in [-0.15, -0.1) is 0 Å². The highest BCUT2D eigenvalue weighted by Crippen LogP contribution is 2.25. The molecule has 20 heavy (non-hydrogen) atoms. The summed E-state index contributed by atoms with van der Waals surface area (Å²) in [6.07, 6.45) is 2.18. The van der Waals surface area contributed by atoms with Crippen LogP contribution in [0.25, 0.3) is 0 Å². The smallest absolute Gasteiger partial charge is 0.221 e. The van der Waals surface area contributed by atoms with Gasteiger partial charge in [-0.25, -0.2) is 0 Å². The zero-order valence-corrected chi connectivity index (χ0v) is 11.9. The number of carbonyl (C=O) groups excluding carboxylic acids is 1.